The molecule has 0 bridgehead atoms. The van der Waals surface area contributed by atoms with E-state index in [1.54, 1.807) is 0 Å². The van der Waals surface area contributed by atoms with Crippen molar-refractivity contribution in [2.24, 2.45) is 5.92 Å². The number of nitrogens with one attached hydrogen (secondary N) is 1. The first-order chi connectivity index (χ1) is 9.50. The molecule has 0 aromatic heterocycles. The van der Waals surface area contributed by atoms with Crippen LogP contribution in [0.4, 0.5) is 0 Å². The topological polar surface area (TPSA) is 32.3 Å². The monoisotopic (exact) mass is 274 g/mol. The van der Waals surface area contributed by atoms with Gasteiger partial charge in [0.2, 0.25) is 5.91 Å². The first-order valence-corrected chi connectivity index (χ1v) is 7.55. The van der Waals surface area contributed by atoms with E-state index in [1.807, 2.05) is 11.9 Å². The lowest BCUT2D eigenvalue weighted by Gasteiger charge is -2.32. The number of hydrogen-bond donors (Lipinski definition) is 1. The maximum atomic E-state index is 12.6. The summed E-state index contributed by atoms with van der Waals surface area (Å²) in [5.74, 6) is 0.409. The van der Waals surface area contributed by atoms with E-state index in [4.69, 9.17) is 0 Å². The number of carbonyl (C=O) groups is 1. The molecule has 0 spiro atoms. The molecule has 20 heavy (non-hydrogen) atoms. The molecule has 1 amide bonds. The van der Waals surface area contributed by atoms with E-state index >= 15 is 0 Å². The van der Waals surface area contributed by atoms with Crippen molar-refractivity contribution < 1.29 is 4.79 Å². The minimum absolute atomic E-state index is 0.129. The summed E-state index contributed by atoms with van der Waals surface area (Å²) in [6.45, 7) is 8.20. The summed E-state index contributed by atoms with van der Waals surface area (Å²) >= 11 is 0. The average Bonchev–Trinajstić information content (AvgIpc) is 2.48. The van der Waals surface area contributed by atoms with Gasteiger partial charge in [-0.2, -0.15) is 0 Å². The predicted molar refractivity (Wildman–Crippen MR) is 82.7 cm³/mol. The van der Waals surface area contributed by atoms with Crippen LogP contribution in [0.15, 0.2) is 18.2 Å². The summed E-state index contributed by atoms with van der Waals surface area (Å²) in [6, 6.07) is 6.59. The standard InChI is InChI=1S/C17H26N2O/c1-12-7-8-13(2)16(10-12)14(3)19(4)17(20)15-6-5-9-18-11-15/h7-8,10,14-15,18H,5-6,9,11H2,1-4H3/t14-,15+/m1/s1. The second-order valence-electron chi connectivity index (χ2n) is 6.03. The second kappa shape index (κ2) is 6.40. The number of hydrogen-bond acceptors (Lipinski definition) is 2. The SMILES string of the molecule is Cc1ccc(C)c([C@@H](C)N(C)C(=O)[C@H]2CCCNC2)c1. The molecule has 0 aliphatic carbocycles. The molecule has 1 N–H and O–H groups in total. The highest BCUT2D eigenvalue weighted by molar-refractivity contribution is 5.79. The highest BCUT2D eigenvalue weighted by Crippen LogP contribution is 2.26. The van der Waals surface area contributed by atoms with E-state index in [2.05, 4.69) is 44.3 Å². The van der Waals surface area contributed by atoms with Gasteiger partial charge in [0.1, 0.15) is 0 Å². The molecule has 110 valence electrons. The van der Waals surface area contributed by atoms with Crippen LogP contribution >= 0.6 is 0 Å². The third-order valence-electron chi connectivity index (χ3n) is 4.46. The van der Waals surface area contributed by atoms with Crippen LogP contribution in [0.25, 0.3) is 0 Å². The Kier molecular flexibility index (Phi) is 4.81. The number of rotatable bonds is 3. The molecular weight excluding hydrogens is 248 g/mol. The molecule has 1 saturated heterocycles. The molecule has 1 aliphatic heterocycles. The van der Waals surface area contributed by atoms with Gasteiger partial charge in [-0.05, 0) is 51.3 Å². The minimum Gasteiger partial charge on any atom is -0.339 e. The zero-order valence-electron chi connectivity index (χ0n) is 13.1. The maximum Gasteiger partial charge on any atom is 0.227 e. The van der Waals surface area contributed by atoms with Crippen molar-refractivity contribution in [3.63, 3.8) is 0 Å². The van der Waals surface area contributed by atoms with Gasteiger partial charge in [0, 0.05) is 13.6 Å². The molecule has 0 radical (unpaired) electrons. The Morgan fingerprint density at radius 1 is 1.40 bits per heavy atom. The Bertz CT molecular complexity index is 478. The van der Waals surface area contributed by atoms with E-state index in [9.17, 15) is 4.79 Å². The second-order valence-corrected chi connectivity index (χ2v) is 6.03. The Labute approximate surface area is 122 Å². The number of carbonyl (C=O) groups excluding carboxylic acids is 1. The quantitative estimate of drug-likeness (QED) is 0.919. The first-order valence-electron chi connectivity index (χ1n) is 7.55. The van der Waals surface area contributed by atoms with Crippen molar-refractivity contribution in [1.82, 2.24) is 10.2 Å². The van der Waals surface area contributed by atoms with E-state index in [0.717, 1.165) is 25.9 Å². The zero-order chi connectivity index (χ0) is 14.7. The fourth-order valence-electron chi connectivity index (χ4n) is 2.96. The molecule has 0 saturated carbocycles. The lowest BCUT2D eigenvalue weighted by Crippen LogP contribution is -2.42. The van der Waals surface area contributed by atoms with Gasteiger partial charge in [-0.15, -0.1) is 0 Å². The summed E-state index contributed by atoms with van der Waals surface area (Å²) in [5, 5.41) is 3.32. The van der Waals surface area contributed by atoms with Gasteiger partial charge >= 0.3 is 0 Å². The molecule has 1 heterocycles. The third-order valence-corrected chi connectivity index (χ3v) is 4.46. The van der Waals surface area contributed by atoms with Gasteiger partial charge in [-0.3, -0.25) is 4.79 Å². The summed E-state index contributed by atoms with van der Waals surface area (Å²) in [4.78, 5) is 14.5. The number of piperidine rings is 1. The Morgan fingerprint density at radius 3 is 2.80 bits per heavy atom. The van der Waals surface area contributed by atoms with Crippen LogP contribution in [0.5, 0.6) is 0 Å². The smallest absolute Gasteiger partial charge is 0.227 e. The Morgan fingerprint density at radius 2 is 2.15 bits per heavy atom. The van der Waals surface area contributed by atoms with Crippen LogP contribution in [-0.4, -0.2) is 30.9 Å². The molecule has 1 aromatic rings. The summed E-state index contributed by atoms with van der Waals surface area (Å²) < 4.78 is 0. The van der Waals surface area contributed by atoms with Crippen molar-refractivity contribution in [3.8, 4) is 0 Å². The van der Waals surface area contributed by atoms with Crippen molar-refractivity contribution in [3.05, 3.63) is 34.9 Å². The molecular formula is C17H26N2O. The number of benzene rings is 1. The molecule has 1 aliphatic rings. The molecule has 1 aromatic carbocycles. The number of amides is 1. The average molecular weight is 274 g/mol. The van der Waals surface area contributed by atoms with Crippen LogP contribution in [0.1, 0.15) is 42.5 Å². The highest BCUT2D eigenvalue weighted by Gasteiger charge is 2.27. The van der Waals surface area contributed by atoms with E-state index < -0.39 is 0 Å². The summed E-state index contributed by atoms with van der Waals surface area (Å²) in [6.07, 6.45) is 2.11. The predicted octanol–water partition coefficient (Wildman–Crippen LogP) is 2.82. The van der Waals surface area contributed by atoms with Crippen molar-refractivity contribution in [2.75, 3.05) is 20.1 Å². The van der Waals surface area contributed by atoms with Crippen LogP contribution < -0.4 is 5.32 Å². The highest BCUT2D eigenvalue weighted by atomic mass is 16.2. The van der Waals surface area contributed by atoms with Crippen molar-refractivity contribution in [2.45, 2.75) is 39.7 Å². The fraction of sp³-hybridized carbons (Fsp3) is 0.588. The maximum absolute atomic E-state index is 12.6. The lowest BCUT2D eigenvalue weighted by atomic mass is 9.95. The third kappa shape index (κ3) is 3.21. The normalized spacial score (nSPS) is 20.5. The number of aryl methyl sites for hydroxylation is 2. The van der Waals surface area contributed by atoms with Gasteiger partial charge in [-0.25, -0.2) is 0 Å². The number of nitrogens with zero attached hydrogens (tertiary/aromatic N) is 1. The van der Waals surface area contributed by atoms with Gasteiger partial charge < -0.3 is 10.2 Å². The van der Waals surface area contributed by atoms with Crippen LogP contribution in [0.2, 0.25) is 0 Å². The van der Waals surface area contributed by atoms with Crippen LogP contribution in [0, 0.1) is 19.8 Å². The fourth-order valence-corrected chi connectivity index (χ4v) is 2.96. The minimum atomic E-state index is 0.129. The molecule has 0 unspecified atom stereocenters. The van der Waals surface area contributed by atoms with Crippen molar-refractivity contribution in [1.29, 1.82) is 0 Å². The van der Waals surface area contributed by atoms with Gasteiger partial charge in [0.05, 0.1) is 12.0 Å². The molecule has 2 atom stereocenters. The van der Waals surface area contributed by atoms with Crippen LogP contribution in [-0.2, 0) is 4.79 Å². The van der Waals surface area contributed by atoms with Gasteiger partial charge in [0.15, 0.2) is 0 Å². The zero-order valence-corrected chi connectivity index (χ0v) is 13.1. The molecule has 3 nitrogen and oxygen atoms in total. The van der Waals surface area contributed by atoms with Gasteiger partial charge in [0.25, 0.3) is 0 Å². The Hall–Kier alpha value is -1.35. The largest absolute Gasteiger partial charge is 0.339 e. The first kappa shape index (κ1) is 15.0. The van der Waals surface area contributed by atoms with E-state index in [1.165, 1.54) is 16.7 Å². The molecule has 2 rings (SSSR count). The lowest BCUT2D eigenvalue weighted by molar-refractivity contribution is -0.136. The van der Waals surface area contributed by atoms with Crippen LogP contribution in [0.3, 0.4) is 0 Å². The summed E-state index contributed by atoms with van der Waals surface area (Å²) in [5.41, 5.74) is 3.76. The Balaban J connectivity index is 2.12. The van der Waals surface area contributed by atoms with Crippen molar-refractivity contribution >= 4 is 5.91 Å². The van der Waals surface area contributed by atoms with E-state index in [0.29, 0.717) is 0 Å². The molecule has 3 heteroatoms. The summed E-state index contributed by atoms with van der Waals surface area (Å²) in [7, 11) is 1.93. The molecule has 1 fully saturated rings. The van der Waals surface area contributed by atoms with E-state index in [-0.39, 0.29) is 17.9 Å². The van der Waals surface area contributed by atoms with Gasteiger partial charge in [-0.1, -0.05) is 23.8 Å².